The molecule has 180 valence electrons. The van der Waals surface area contributed by atoms with Crippen LogP contribution in [0.5, 0.6) is 5.75 Å². The number of nitrogens with one attached hydrogen (secondary N) is 1. The van der Waals surface area contributed by atoms with Gasteiger partial charge in [-0.3, -0.25) is 9.59 Å². The van der Waals surface area contributed by atoms with Crippen LogP contribution in [0.3, 0.4) is 0 Å². The summed E-state index contributed by atoms with van der Waals surface area (Å²) in [6.07, 6.45) is 4.03. The van der Waals surface area contributed by atoms with Crippen LogP contribution in [0.15, 0.2) is 58.9 Å². The Balaban J connectivity index is 1.48. The third kappa shape index (κ3) is 4.48. The fourth-order valence-corrected chi connectivity index (χ4v) is 5.71. The van der Waals surface area contributed by atoms with E-state index in [4.69, 9.17) is 33.0 Å². The van der Waals surface area contributed by atoms with Gasteiger partial charge in [-0.05, 0) is 61.1 Å². The van der Waals surface area contributed by atoms with Crippen molar-refractivity contribution in [2.45, 2.75) is 51.0 Å². The summed E-state index contributed by atoms with van der Waals surface area (Å²) in [4.78, 5) is 37.0. The molecule has 2 aromatic carbocycles. The van der Waals surface area contributed by atoms with E-state index >= 15 is 0 Å². The number of rotatable bonds is 5. The second kappa shape index (κ2) is 9.51. The summed E-state index contributed by atoms with van der Waals surface area (Å²) in [5.41, 5.74) is 4.73. The molecule has 0 atom stereocenters. The van der Waals surface area contributed by atoms with Crippen molar-refractivity contribution in [3.8, 4) is 5.75 Å². The number of hydrogen-bond acceptors (Lipinski definition) is 5. The average Bonchev–Trinajstić information content (AvgIpc) is 2.83. The van der Waals surface area contributed by atoms with Gasteiger partial charge in [0.2, 0.25) is 0 Å². The van der Waals surface area contributed by atoms with Gasteiger partial charge in [0.05, 0.1) is 15.6 Å². The molecule has 35 heavy (non-hydrogen) atoms. The molecule has 0 unspecified atom stereocenters. The molecule has 1 heterocycles. The van der Waals surface area contributed by atoms with Gasteiger partial charge in [0.15, 0.2) is 17.3 Å². The lowest BCUT2D eigenvalue weighted by Crippen LogP contribution is -2.36. The second-order valence-electron chi connectivity index (χ2n) is 9.00. The van der Waals surface area contributed by atoms with Crippen LogP contribution in [0, 0.1) is 0 Å². The third-order valence-corrected chi connectivity index (χ3v) is 7.29. The highest BCUT2D eigenvalue weighted by molar-refractivity contribution is 6.37. The van der Waals surface area contributed by atoms with E-state index < -0.39 is 11.9 Å². The van der Waals surface area contributed by atoms with Gasteiger partial charge in [0.1, 0.15) is 6.61 Å². The van der Waals surface area contributed by atoms with Crippen LogP contribution < -0.4 is 10.1 Å². The Morgan fingerprint density at radius 3 is 1.97 bits per heavy atom. The summed E-state index contributed by atoms with van der Waals surface area (Å²) in [6, 6.07) is 9.80. The van der Waals surface area contributed by atoms with E-state index in [0.29, 0.717) is 35.3 Å². The zero-order valence-electron chi connectivity index (χ0n) is 18.8. The number of aromatic carboxylic acids is 1. The number of ketones is 2. The molecule has 1 aliphatic heterocycles. The highest BCUT2D eigenvalue weighted by Gasteiger charge is 2.40. The molecule has 2 N–H and O–H groups in total. The van der Waals surface area contributed by atoms with Crippen LogP contribution in [-0.4, -0.2) is 22.6 Å². The van der Waals surface area contributed by atoms with E-state index in [2.05, 4.69) is 5.32 Å². The number of Topliss-reactive ketones (excluding diaryl/α,β-unsaturated/α-hetero) is 2. The Morgan fingerprint density at radius 1 is 0.914 bits per heavy atom. The van der Waals surface area contributed by atoms with Gasteiger partial charge in [-0.15, -0.1) is 0 Å². The number of carboxylic acids is 1. The number of hydrogen-bond donors (Lipinski definition) is 2. The number of carbonyl (C=O) groups is 3. The van der Waals surface area contributed by atoms with E-state index in [9.17, 15) is 14.4 Å². The molecule has 2 aromatic rings. The van der Waals surface area contributed by atoms with Gasteiger partial charge in [-0.25, -0.2) is 4.79 Å². The first-order chi connectivity index (χ1) is 16.8. The molecule has 0 saturated heterocycles. The fourth-order valence-electron chi connectivity index (χ4n) is 5.10. The minimum absolute atomic E-state index is 0.0473. The fraction of sp³-hybridized carbons (Fsp3) is 0.296. The summed E-state index contributed by atoms with van der Waals surface area (Å²) in [7, 11) is 0. The van der Waals surface area contributed by atoms with E-state index in [1.165, 1.54) is 12.1 Å². The first-order valence-corrected chi connectivity index (χ1v) is 12.3. The lowest BCUT2D eigenvalue weighted by molar-refractivity contribution is -0.117. The molecule has 2 aliphatic carbocycles. The maximum absolute atomic E-state index is 13.0. The first kappa shape index (κ1) is 23.6. The quantitative estimate of drug-likeness (QED) is 0.513. The average molecular weight is 512 g/mol. The predicted octanol–water partition coefficient (Wildman–Crippen LogP) is 5.97. The number of dihydropyridines is 1. The van der Waals surface area contributed by atoms with Crippen molar-refractivity contribution < 1.29 is 24.2 Å². The number of benzene rings is 2. The van der Waals surface area contributed by atoms with Crippen LogP contribution in [0.4, 0.5) is 0 Å². The predicted molar refractivity (Wildman–Crippen MR) is 132 cm³/mol. The molecule has 8 heteroatoms. The molecule has 0 aromatic heterocycles. The molecule has 5 rings (SSSR count). The monoisotopic (exact) mass is 511 g/mol. The zero-order chi connectivity index (χ0) is 24.7. The van der Waals surface area contributed by atoms with Gasteiger partial charge in [-0.1, -0.05) is 35.3 Å². The van der Waals surface area contributed by atoms with E-state index in [0.717, 1.165) is 42.6 Å². The lowest BCUT2D eigenvalue weighted by Gasteiger charge is -2.37. The largest absolute Gasteiger partial charge is 0.486 e. The van der Waals surface area contributed by atoms with Crippen molar-refractivity contribution in [1.82, 2.24) is 5.32 Å². The maximum atomic E-state index is 13.0. The van der Waals surface area contributed by atoms with Crippen molar-refractivity contribution in [3.05, 3.63) is 85.7 Å². The summed E-state index contributed by atoms with van der Waals surface area (Å²) in [5.74, 6) is -1.10. The number of carbonyl (C=O) groups excluding carboxylic acids is 2. The third-order valence-electron chi connectivity index (χ3n) is 6.73. The standard InChI is InChI=1S/C27H23Cl2NO5/c28-17-11-16(12-18(29)26(17)35-13-14-7-9-15(10-8-14)27(33)34)23-24-19(3-1-5-21(24)31)30-20-4-2-6-22(32)25(20)23/h7-12,23,30H,1-6,13H2,(H,33,34). The zero-order valence-corrected chi connectivity index (χ0v) is 20.3. The highest BCUT2D eigenvalue weighted by Crippen LogP contribution is 2.47. The minimum atomic E-state index is -0.999. The summed E-state index contributed by atoms with van der Waals surface area (Å²) >= 11 is 13.2. The van der Waals surface area contributed by atoms with Gasteiger partial charge >= 0.3 is 5.97 Å². The topological polar surface area (TPSA) is 92.7 Å². The number of ether oxygens (including phenoxy) is 1. The summed E-state index contributed by atoms with van der Waals surface area (Å²) in [6.45, 7) is 0.146. The normalized spacial score (nSPS) is 18.2. The smallest absolute Gasteiger partial charge is 0.335 e. The van der Waals surface area contributed by atoms with Crippen molar-refractivity contribution in [2.75, 3.05) is 0 Å². The first-order valence-electron chi connectivity index (χ1n) is 11.6. The Kier molecular flexibility index (Phi) is 6.43. The van der Waals surface area contributed by atoms with Crippen LogP contribution in [-0.2, 0) is 16.2 Å². The lowest BCUT2D eigenvalue weighted by atomic mass is 9.71. The molecule has 0 fully saturated rings. The molecule has 0 radical (unpaired) electrons. The van der Waals surface area contributed by atoms with Gasteiger partial charge in [0.25, 0.3) is 0 Å². The van der Waals surface area contributed by atoms with Crippen molar-refractivity contribution >= 4 is 40.7 Å². The molecule has 0 bridgehead atoms. The van der Waals surface area contributed by atoms with Crippen LogP contribution in [0.1, 0.15) is 65.9 Å². The molecule has 0 saturated carbocycles. The van der Waals surface area contributed by atoms with Gasteiger partial charge < -0.3 is 15.2 Å². The van der Waals surface area contributed by atoms with Crippen molar-refractivity contribution in [3.63, 3.8) is 0 Å². The molecule has 6 nitrogen and oxygen atoms in total. The Labute approximate surface area is 212 Å². The Bertz CT molecular complexity index is 1240. The highest BCUT2D eigenvalue weighted by atomic mass is 35.5. The second-order valence-corrected chi connectivity index (χ2v) is 9.81. The van der Waals surface area contributed by atoms with Gasteiger partial charge in [0, 0.05) is 41.3 Å². The summed E-state index contributed by atoms with van der Waals surface area (Å²) in [5, 5.41) is 13.0. The van der Waals surface area contributed by atoms with Crippen LogP contribution in [0.25, 0.3) is 0 Å². The molecule has 0 amide bonds. The SMILES string of the molecule is O=C1CCCC2=C1C(c1cc(Cl)c(OCc3ccc(C(=O)O)cc3)c(Cl)c1)C1=C(CCCC1=O)N2. The van der Waals surface area contributed by atoms with E-state index in [1.807, 2.05) is 0 Å². The van der Waals surface area contributed by atoms with E-state index in [1.54, 1.807) is 24.3 Å². The van der Waals surface area contributed by atoms with E-state index in [-0.39, 0.29) is 33.8 Å². The number of allylic oxidation sites excluding steroid dienone is 4. The van der Waals surface area contributed by atoms with Crippen molar-refractivity contribution in [2.24, 2.45) is 0 Å². The summed E-state index contributed by atoms with van der Waals surface area (Å²) < 4.78 is 5.87. The van der Waals surface area contributed by atoms with Crippen LogP contribution >= 0.6 is 23.2 Å². The van der Waals surface area contributed by atoms with Crippen LogP contribution in [0.2, 0.25) is 10.0 Å². The molecule has 0 spiro atoms. The molecule has 3 aliphatic rings. The van der Waals surface area contributed by atoms with Gasteiger partial charge in [-0.2, -0.15) is 0 Å². The molecular formula is C27H23Cl2NO5. The Hall–Kier alpha value is -3.09. The Morgan fingerprint density at radius 2 is 1.46 bits per heavy atom. The number of carboxylic acid groups (broad SMARTS) is 1. The minimum Gasteiger partial charge on any atom is -0.486 e. The van der Waals surface area contributed by atoms with Crippen molar-refractivity contribution in [1.29, 1.82) is 0 Å². The number of halogens is 2. The maximum Gasteiger partial charge on any atom is 0.335 e. The molecular weight excluding hydrogens is 489 g/mol.